The van der Waals surface area contributed by atoms with Gasteiger partial charge in [0.05, 0.1) is 41.1 Å². The summed E-state index contributed by atoms with van der Waals surface area (Å²) in [6.07, 6.45) is 0.341. The van der Waals surface area contributed by atoms with E-state index < -0.39 is 23.8 Å². The second-order valence-corrected chi connectivity index (χ2v) is 10.0. The number of carbonyl (C=O) groups excluding carboxylic acids is 2. The average molecular weight is 464 g/mol. The van der Waals surface area contributed by atoms with Crippen LogP contribution in [0, 0.1) is 0 Å². The molecule has 32 heavy (non-hydrogen) atoms. The van der Waals surface area contributed by atoms with Gasteiger partial charge in [0.1, 0.15) is 34.3 Å². The van der Waals surface area contributed by atoms with Crippen LogP contribution in [0.3, 0.4) is 0 Å². The van der Waals surface area contributed by atoms with Crippen LogP contribution < -0.4 is 23.7 Å². The van der Waals surface area contributed by atoms with E-state index in [1.165, 1.54) is 59.8 Å². The molecule has 8 nitrogen and oxygen atoms in total. The number of benzene rings is 2. The van der Waals surface area contributed by atoms with Gasteiger partial charge in [-0.15, -0.1) is 0 Å². The molecule has 2 rings (SSSR count). The van der Waals surface area contributed by atoms with Crippen molar-refractivity contribution >= 4 is 18.2 Å². The average Bonchev–Trinajstić information content (AvgIpc) is 2.85. The molecule has 0 N–H and O–H groups in total. The normalized spacial score (nSPS) is 13.5. The van der Waals surface area contributed by atoms with Crippen molar-refractivity contribution in [2.75, 3.05) is 35.5 Å². The monoisotopic (exact) mass is 464 g/mol. The Morgan fingerprint density at radius 1 is 0.781 bits per heavy atom. The minimum absolute atomic E-state index is 0.0386. The van der Waals surface area contributed by atoms with Crippen molar-refractivity contribution < 1.29 is 37.8 Å². The van der Waals surface area contributed by atoms with Crippen molar-refractivity contribution in [1.82, 2.24) is 0 Å². The van der Waals surface area contributed by atoms with Gasteiger partial charge in [0.15, 0.2) is 0 Å². The van der Waals surface area contributed by atoms with Crippen LogP contribution >= 0.6 is 7.14 Å². The Hall–Kier alpha value is -2.99. The van der Waals surface area contributed by atoms with Gasteiger partial charge in [0, 0.05) is 23.9 Å². The molecule has 0 amide bonds. The highest BCUT2D eigenvalue weighted by molar-refractivity contribution is 7.96. The summed E-state index contributed by atoms with van der Waals surface area (Å²) in [4.78, 5) is 27.5. The number of carbonyl (C=O) groups is 2. The van der Waals surface area contributed by atoms with Gasteiger partial charge in [-0.3, -0.25) is 9.59 Å². The molecule has 0 aliphatic carbocycles. The van der Waals surface area contributed by atoms with Crippen molar-refractivity contribution in [3.63, 3.8) is 0 Å². The van der Waals surface area contributed by atoms with E-state index in [0.29, 0.717) is 17.9 Å². The molecule has 174 valence electrons. The molecule has 0 spiro atoms. The van der Waals surface area contributed by atoms with E-state index >= 15 is 0 Å². The lowest BCUT2D eigenvalue weighted by Crippen LogP contribution is -2.21. The van der Waals surface area contributed by atoms with Gasteiger partial charge in [0.2, 0.25) is 18.2 Å². The predicted molar refractivity (Wildman–Crippen MR) is 122 cm³/mol. The van der Waals surface area contributed by atoms with Crippen LogP contribution in [-0.2, 0) is 4.57 Å². The first kappa shape index (κ1) is 25.3. The van der Waals surface area contributed by atoms with E-state index in [1.54, 1.807) is 19.9 Å². The van der Waals surface area contributed by atoms with Gasteiger partial charge < -0.3 is 28.2 Å². The minimum Gasteiger partial charge on any atom is -0.497 e. The Morgan fingerprint density at radius 2 is 1.28 bits per heavy atom. The van der Waals surface area contributed by atoms with Crippen molar-refractivity contribution in [3.05, 3.63) is 41.5 Å². The molecule has 0 heterocycles. The van der Waals surface area contributed by atoms with E-state index in [-0.39, 0.29) is 28.4 Å². The molecule has 0 aliphatic rings. The summed E-state index contributed by atoms with van der Waals surface area (Å²) >= 11 is 0. The Morgan fingerprint density at radius 3 is 1.72 bits per heavy atom. The Kier molecular flexibility index (Phi) is 8.33. The molecular formula is C23H29O8P. The van der Waals surface area contributed by atoms with Gasteiger partial charge >= 0.3 is 0 Å². The quantitative estimate of drug-likeness (QED) is 0.435. The highest BCUT2D eigenvalue weighted by atomic mass is 31.2. The summed E-state index contributed by atoms with van der Waals surface area (Å²) in [6, 6.07) is 7.47. The predicted octanol–water partition coefficient (Wildman–Crippen LogP) is 4.87. The summed E-state index contributed by atoms with van der Waals surface area (Å²) < 4.78 is 40.8. The maximum Gasteiger partial charge on any atom is 0.236 e. The Balaban J connectivity index is 2.76. The first-order valence-corrected chi connectivity index (χ1v) is 11.7. The topological polar surface area (TPSA) is 97.4 Å². The van der Waals surface area contributed by atoms with Gasteiger partial charge in [-0.2, -0.15) is 0 Å². The van der Waals surface area contributed by atoms with E-state index in [1.807, 2.05) is 0 Å². The third-order valence-electron chi connectivity index (χ3n) is 5.38. The molecule has 0 aliphatic heterocycles. The third kappa shape index (κ3) is 4.46. The van der Waals surface area contributed by atoms with Gasteiger partial charge in [-0.1, -0.05) is 13.8 Å². The summed E-state index contributed by atoms with van der Waals surface area (Å²) in [7, 11) is 2.86. The zero-order valence-corrected chi connectivity index (χ0v) is 20.3. The van der Waals surface area contributed by atoms with Crippen LogP contribution in [0.4, 0.5) is 0 Å². The molecule has 0 fully saturated rings. The molecular weight excluding hydrogens is 435 g/mol. The van der Waals surface area contributed by atoms with E-state index in [4.69, 9.17) is 23.7 Å². The lowest BCUT2D eigenvalue weighted by Gasteiger charge is -2.24. The lowest BCUT2D eigenvalue weighted by atomic mass is 10.2. The molecule has 2 aromatic rings. The fraction of sp³-hybridized carbons (Fsp3) is 0.391. The highest BCUT2D eigenvalue weighted by Crippen LogP contribution is 2.60. The first-order chi connectivity index (χ1) is 15.2. The zero-order chi connectivity index (χ0) is 24.1. The standard InChI is InChI=1S/C23H29O8P/c1-8-14(2)32(26,22(24)17-10-9-15(27-3)11-18(17)29-5)23(25)21-19(30-6)12-16(28-4)13-20(21)31-7/h9-14H,8H2,1-7H3. The van der Waals surface area contributed by atoms with Crippen molar-refractivity contribution in [2.45, 2.75) is 25.9 Å². The molecule has 0 aromatic heterocycles. The third-order valence-corrected chi connectivity index (χ3v) is 8.66. The van der Waals surface area contributed by atoms with Crippen molar-refractivity contribution in [3.8, 4) is 28.7 Å². The van der Waals surface area contributed by atoms with Gasteiger partial charge in [0.25, 0.3) is 0 Å². The van der Waals surface area contributed by atoms with Crippen LogP contribution in [0.1, 0.15) is 41.0 Å². The molecule has 0 saturated heterocycles. The number of ether oxygens (including phenoxy) is 5. The fourth-order valence-electron chi connectivity index (χ4n) is 3.29. The largest absolute Gasteiger partial charge is 0.497 e. The number of hydrogen-bond donors (Lipinski definition) is 0. The number of hydrogen-bond acceptors (Lipinski definition) is 8. The number of methoxy groups -OCH3 is 5. The Labute approximate surface area is 188 Å². The zero-order valence-electron chi connectivity index (χ0n) is 19.4. The molecule has 2 atom stereocenters. The van der Waals surface area contributed by atoms with Gasteiger partial charge in [-0.25, -0.2) is 0 Å². The minimum atomic E-state index is -4.20. The Bertz CT molecular complexity index is 1020. The lowest BCUT2D eigenvalue weighted by molar-refractivity contribution is 0.103. The van der Waals surface area contributed by atoms with Crippen LogP contribution in [0.25, 0.3) is 0 Å². The SMILES string of the molecule is CCC(C)P(=O)(C(=O)c1ccc(OC)cc1OC)C(=O)c1c(OC)cc(OC)cc1OC. The first-order valence-electron chi connectivity index (χ1n) is 9.94. The van der Waals surface area contributed by atoms with E-state index in [9.17, 15) is 14.2 Å². The smallest absolute Gasteiger partial charge is 0.236 e. The van der Waals surface area contributed by atoms with Crippen LogP contribution in [0.5, 0.6) is 28.7 Å². The van der Waals surface area contributed by atoms with Crippen LogP contribution in [0.15, 0.2) is 30.3 Å². The van der Waals surface area contributed by atoms with Crippen molar-refractivity contribution in [2.24, 2.45) is 0 Å². The molecule has 0 bridgehead atoms. The highest BCUT2D eigenvalue weighted by Gasteiger charge is 2.47. The molecule has 0 radical (unpaired) electrons. The van der Waals surface area contributed by atoms with E-state index in [0.717, 1.165) is 0 Å². The summed E-state index contributed by atoms with van der Waals surface area (Å²) in [5, 5.41) is 0. The molecule has 2 aromatic carbocycles. The van der Waals surface area contributed by atoms with E-state index in [2.05, 4.69) is 0 Å². The van der Waals surface area contributed by atoms with Crippen molar-refractivity contribution in [1.29, 1.82) is 0 Å². The fourth-order valence-corrected chi connectivity index (χ4v) is 5.88. The second-order valence-electron chi connectivity index (χ2n) is 7.00. The summed E-state index contributed by atoms with van der Waals surface area (Å²) in [5.41, 5.74) is -2.40. The van der Waals surface area contributed by atoms with Crippen LogP contribution in [-0.4, -0.2) is 52.3 Å². The summed E-state index contributed by atoms with van der Waals surface area (Å²) in [5.74, 6) is 1.21. The molecule has 2 unspecified atom stereocenters. The number of rotatable bonds is 11. The molecule has 9 heteroatoms. The molecule has 0 saturated carbocycles. The maximum absolute atomic E-state index is 14.3. The maximum atomic E-state index is 14.3. The second kappa shape index (κ2) is 10.6. The van der Waals surface area contributed by atoms with Crippen LogP contribution in [0.2, 0.25) is 0 Å². The van der Waals surface area contributed by atoms with Gasteiger partial charge in [-0.05, 0) is 18.6 Å². The summed E-state index contributed by atoms with van der Waals surface area (Å²) in [6.45, 7) is 3.39.